The Hall–Kier alpha value is -0.660. The van der Waals surface area contributed by atoms with Crippen LogP contribution in [0, 0.1) is 0 Å². The zero-order valence-corrected chi connectivity index (χ0v) is 11.7. The highest BCUT2D eigenvalue weighted by atomic mass is 32.2. The van der Waals surface area contributed by atoms with Crippen LogP contribution in [0.15, 0.2) is 0 Å². The summed E-state index contributed by atoms with van der Waals surface area (Å²) in [6.45, 7) is 0.555. The molecule has 2 N–H and O–H groups in total. The molecule has 0 aromatic rings. The summed E-state index contributed by atoms with van der Waals surface area (Å²) in [5.41, 5.74) is -1.38. The van der Waals surface area contributed by atoms with E-state index in [-0.39, 0.29) is 26.1 Å². The smallest absolute Gasteiger partial charge is 0.325 e. The van der Waals surface area contributed by atoms with Crippen molar-refractivity contribution in [2.24, 2.45) is 0 Å². The Labute approximate surface area is 113 Å². The summed E-state index contributed by atoms with van der Waals surface area (Å²) in [5.74, 6) is -1.10. The summed E-state index contributed by atoms with van der Waals surface area (Å²) >= 11 is 0. The second kappa shape index (κ2) is 5.76. The first-order valence-electron chi connectivity index (χ1n) is 6.80. The van der Waals surface area contributed by atoms with E-state index in [4.69, 9.17) is 4.74 Å². The van der Waals surface area contributed by atoms with E-state index < -0.39 is 26.8 Å². The van der Waals surface area contributed by atoms with Gasteiger partial charge >= 0.3 is 5.97 Å². The fourth-order valence-electron chi connectivity index (χ4n) is 2.81. The lowest BCUT2D eigenvalue weighted by Gasteiger charge is -2.35. The normalized spacial score (nSPS) is 25.1. The van der Waals surface area contributed by atoms with Gasteiger partial charge in [0.25, 0.3) is 0 Å². The van der Waals surface area contributed by atoms with Crippen molar-refractivity contribution in [1.82, 2.24) is 4.72 Å². The molecule has 0 aromatic heterocycles. The van der Waals surface area contributed by atoms with Crippen molar-refractivity contribution in [3.05, 3.63) is 0 Å². The van der Waals surface area contributed by atoms with Crippen LogP contribution in [-0.2, 0) is 19.6 Å². The van der Waals surface area contributed by atoms with Crippen LogP contribution in [0.3, 0.4) is 0 Å². The van der Waals surface area contributed by atoms with E-state index in [9.17, 15) is 18.3 Å². The predicted octanol–water partition coefficient (Wildman–Crippen LogP) is 0.872. The molecule has 1 aliphatic heterocycles. The number of hydrogen-bond donors (Lipinski definition) is 2. The number of carboxylic acid groups (broad SMARTS) is 1. The largest absolute Gasteiger partial charge is 0.480 e. The zero-order chi connectivity index (χ0) is 13.9. The molecular formula is C12H21NO5S. The first-order chi connectivity index (χ1) is 8.96. The van der Waals surface area contributed by atoms with Gasteiger partial charge in [0.15, 0.2) is 0 Å². The monoisotopic (exact) mass is 291 g/mol. The third-order valence-corrected chi connectivity index (χ3v) is 6.11. The van der Waals surface area contributed by atoms with Gasteiger partial charge in [0.1, 0.15) is 5.54 Å². The van der Waals surface area contributed by atoms with Gasteiger partial charge in [-0.05, 0) is 12.8 Å². The molecule has 0 amide bonds. The summed E-state index contributed by atoms with van der Waals surface area (Å²) < 4.78 is 32.3. The minimum absolute atomic E-state index is 0.189. The zero-order valence-electron chi connectivity index (χ0n) is 10.9. The van der Waals surface area contributed by atoms with Gasteiger partial charge in [-0.15, -0.1) is 0 Å². The molecule has 0 spiro atoms. The molecule has 2 aliphatic rings. The summed E-state index contributed by atoms with van der Waals surface area (Å²) in [7, 11) is -3.57. The Morgan fingerprint density at radius 3 is 2.26 bits per heavy atom. The van der Waals surface area contributed by atoms with Gasteiger partial charge < -0.3 is 9.84 Å². The predicted molar refractivity (Wildman–Crippen MR) is 69.3 cm³/mol. The van der Waals surface area contributed by atoms with Crippen LogP contribution >= 0.6 is 0 Å². The maximum absolute atomic E-state index is 12.3. The number of hydrogen-bond acceptors (Lipinski definition) is 4. The van der Waals surface area contributed by atoms with Gasteiger partial charge in [-0.1, -0.05) is 19.3 Å². The molecule has 1 saturated carbocycles. The summed E-state index contributed by atoms with van der Waals surface area (Å²) in [6.07, 6.45) is 4.49. The molecule has 1 aliphatic carbocycles. The number of ether oxygens (including phenoxy) is 1. The first-order valence-corrected chi connectivity index (χ1v) is 8.35. The SMILES string of the molecule is O=C(O)C1(NS(=O)(=O)C2CCCCC2)CCOCC1. The summed E-state index contributed by atoms with van der Waals surface area (Å²) in [4.78, 5) is 11.5. The number of carbonyl (C=O) groups is 1. The first kappa shape index (κ1) is 14.7. The molecule has 0 aromatic carbocycles. The lowest BCUT2D eigenvalue weighted by Crippen LogP contribution is -2.59. The Balaban J connectivity index is 2.13. The lowest BCUT2D eigenvalue weighted by atomic mass is 9.92. The van der Waals surface area contributed by atoms with Gasteiger partial charge in [0.2, 0.25) is 10.0 Å². The molecule has 7 heteroatoms. The van der Waals surface area contributed by atoms with Crippen LogP contribution in [-0.4, -0.2) is 43.5 Å². The molecule has 1 saturated heterocycles. The van der Waals surface area contributed by atoms with E-state index in [1.54, 1.807) is 0 Å². The summed E-state index contributed by atoms with van der Waals surface area (Å²) in [6, 6.07) is 0. The third-order valence-electron chi connectivity index (χ3n) is 4.08. The van der Waals surface area contributed by atoms with Crippen LogP contribution in [0.25, 0.3) is 0 Å². The number of carboxylic acids is 1. The fourth-order valence-corrected chi connectivity index (χ4v) is 4.77. The molecule has 0 unspecified atom stereocenters. The molecular weight excluding hydrogens is 270 g/mol. The average molecular weight is 291 g/mol. The lowest BCUT2D eigenvalue weighted by molar-refractivity contribution is -0.147. The van der Waals surface area contributed by atoms with Crippen molar-refractivity contribution in [2.45, 2.75) is 55.7 Å². The van der Waals surface area contributed by atoms with Crippen molar-refractivity contribution in [3.63, 3.8) is 0 Å². The number of rotatable bonds is 4. The average Bonchev–Trinajstić information content (AvgIpc) is 2.40. The van der Waals surface area contributed by atoms with Crippen molar-refractivity contribution >= 4 is 16.0 Å². The highest BCUT2D eigenvalue weighted by molar-refractivity contribution is 7.90. The van der Waals surface area contributed by atoms with E-state index in [2.05, 4.69) is 4.72 Å². The van der Waals surface area contributed by atoms with E-state index in [1.165, 1.54) is 0 Å². The van der Waals surface area contributed by atoms with Gasteiger partial charge in [-0.25, -0.2) is 8.42 Å². The van der Waals surface area contributed by atoms with Gasteiger partial charge in [-0.2, -0.15) is 4.72 Å². The van der Waals surface area contributed by atoms with E-state index in [0.29, 0.717) is 12.8 Å². The van der Waals surface area contributed by atoms with Crippen molar-refractivity contribution in [2.75, 3.05) is 13.2 Å². The Morgan fingerprint density at radius 2 is 1.74 bits per heavy atom. The minimum atomic E-state index is -3.57. The Kier molecular flexibility index (Phi) is 4.47. The van der Waals surface area contributed by atoms with Crippen molar-refractivity contribution in [1.29, 1.82) is 0 Å². The van der Waals surface area contributed by atoms with Gasteiger partial charge in [0, 0.05) is 26.1 Å². The maximum atomic E-state index is 12.3. The quantitative estimate of drug-likeness (QED) is 0.802. The maximum Gasteiger partial charge on any atom is 0.325 e. The minimum Gasteiger partial charge on any atom is -0.480 e. The molecule has 19 heavy (non-hydrogen) atoms. The van der Waals surface area contributed by atoms with Crippen LogP contribution in [0.4, 0.5) is 0 Å². The van der Waals surface area contributed by atoms with Crippen molar-refractivity contribution < 1.29 is 23.1 Å². The molecule has 0 bridgehead atoms. The Morgan fingerprint density at radius 1 is 1.16 bits per heavy atom. The Bertz CT molecular complexity index is 421. The fraction of sp³-hybridized carbons (Fsp3) is 0.917. The molecule has 0 atom stereocenters. The van der Waals surface area contributed by atoms with E-state index >= 15 is 0 Å². The molecule has 110 valence electrons. The highest BCUT2D eigenvalue weighted by Gasteiger charge is 2.45. The van der Waals surface area contributed by atoms with Crippen LogP contribution in [0.5, 0.6) is 0 Å². The molecule has 2 fully saturated rings. The van der Waals surface area contributed by atoms with E-state index in [0.717, 1.165) is 19.3 Å². The molecule has 2 rings (SSSR count). The van der Waals surface area contributed by atoms with Gasteiger partial charge in [0.05, 0.1) is 5.25 Å². The number of aliphatic carboxylic acids is 1. The van der Waals surface area contributed by atoms with Crippen molar-refractivity contribution in [3.8, 4) is 0 Å². The second-order valence-electron chi connectivity index (χ2n) is 5.41. The molecule has 6 nitrogen and oxygen atoms in total. The number of nitrogens with one attached hydrogen (secondary N) is 1. The highest BCUT2D eigenvalue weighted by Crippen LogP contribution is 2.27. The summed E-state index contributed by atoms with van der Waals surface area (Å²) in [5, 5.41) is 8.92. The third kappa shape index (κ3) is 3.27. The topological polar surface area (TPSA) is 92.7 Å². The standard InChI is InChI=1S/C12H21NO5S/c14-11(15)12(6-8-18-9-7-12)13-19(16,17)10-4-2-1-3-5-10/h10,13H,1-9H2,(H,14,15). The van der Waals surface area contributed by atoms with Crippen LogP contribution in [0.1, 0.15) is 44.9 Å². The van der Waals surface area contributed by atoms with E-state index in [1.807, 2.05) is 0 Å². The second-order valence-corrected chi connectivity index (χ2v) is 7.37. The van der Waals surface area contributed by atoms with Gasteiger partial charge in [-0.3, -0.25) is 4.79 Å². The number of sulfonamides is 1. The molecule has 0 radical (unpaired) electrons. The van der Waals surface area contributed by atoms with Crippen LogP contribution < -0.4 is 4.72 Å². The molecule has 1 heterocycles. The van der Waals surface area contributed by atoms with Crippen LogP contribution in [0.2, 0.25) is 0 Å².